The summed E-state index contributed by atoms with van der Waals surface area (Å²) < 4.78 is 29.6. The number of carboxylic acid groups (broad SMARTS) is 1. The van der Waals surface area contributed by atoms with E-state index in [9.17, 15) is 29.3 Å². The number of nitrogens with zero attached hydrogens (tertiary/aromatic N) is 1. The number of phosphoric acid groups is 1. The van der Waals surface area contributed by atoms with E-state index in [2.05, 4.69) is 4.44 Å². The molecular weight excluding hydrogens is 596 g/mol. The van der Waals surface area contributed by atoms with Gasteiger partial charge in [0.1, 0.15) is 24.3 Å². The van der Waals surface area contributed by atoms with E-state index in [1.807, 2.05) is 23.7 Å². The van der Waals surface area contributed by atoms with Gasteiger partial charge in [0.25, 0.3) is 0 Å². The van der Waals surface area contributed by atoms with Crippen molar-refractivity contribution in [2.24, 2.45) is 7.05 Å². The molecule has 1 aromatic heterocycles. The Morgan fingerprint density at radius 3 is 2.13 bits per heavy atom. The summed E-state index contributed by atoms with van der Waals surface area (Å²) >= 11 is 0. The van der Waals surface area contributed by atoms with Crippen LogP contribution in [-0.2, 0) is 20.6 Å². The molecule has 1 unspecified atom stereocenters. The number of ether oxygens (including phenoxy) is 1. The van der Waals surface area contributed by atoms with Crippen LogP contribution in [0.1, 0.15) is 50.4 Å². The first kappa shape index (κ1) is 32.9. The summed E-state index contributed by atoms with van der Waals surface area (Å²) in [5, 5.41) is 20.2. The van der Waals surface area contributed by atoms with E-state index in [1.165, 1.54) is 30.3 Å². The first-order chi connectivity index (χ1) is 20.9. The molecule has 0 saturated carbocycles. The van der Waals surface area contributed by atoms with Crippen molar-refractivity contribution < 1.29 is 47.5 Å². The lowest BCUT2D eigenvalue weighted by Crippen LogP contribution is -2.31. The summed E-state index contributed by atoms with van der Waals surface area (Å²) in [7, 11) is 2.12. The van der Waals surface area contributed by atoms with Gasteiger partial charge in [-0.3, -0.25) is 4.89 Å². The van der Waals surface area contributed by atoms with E-state index in [1.54, 1.807) is 56.3 Å². The summed E-state index contributed by atoms with van der Waals surface area (Å²) in [5.41, 5.74) is 3.49. The van der Waals surface area contributed by atoms with Crippen LogP contribution < -0.4 is 9.30 Å². The Bertz CT molecular complexity index is 2020. The maximum atomic E-state index is 13.9. The zero-order valence-electron chi connectivity index (χ0n) is 23.8. The Kier molecular flexibility index (Phi) is 9.49. The molecule has 0 fully saturated rings. The number of hydrogen-bond acceptors (Lipinski definition) is 7. The number of aromatic nitrogens is 1. The number of carbonyl (C=O) groups is 2. The molecule has 45 heavy (non-hydrogen) atoms. The van der Waals surface area contributed by atoms with Crippen molar-refractivity contribution in [3.8, 4) is 11.5 Å². The molecule has 0 aliphatic rings. The van der Waals surface area contributed by atoms with Crippen molar-refractivity contribution in [1.82, 2.24) is 0 Å². The largest absolute Gasteiger partial charge is 0.511 e. The number of aryl methyl sites for hydroxylation is 3. The van der Waals surface area contributed by atoms with E-state index < -0.39 is 19.8 Å². The van der Waals surface area contributed by atoms with Gasteiger partial charge >= 0.3 is 27.8 Å². The van der Waals surface area contributed by atoms with Crippen LogP contribution in [0.5, 0.6) is 11.5 Å². The van der Waals surface area contributed by atoms with Crippen molar-refractivity contribution in [3.63, 3.8) is 0 Å². The Balaban J connectivity index is 0.00000461. The fourth-order valence-corrected chi connectivity index (χ4v) is 5.50. The smallest absolute Gasteiger partial charge is 0.508 e. The van der Waals surface area contributed by atoms with Gasteiger partial charge < -0.3 is 23.9 Å². The third-order valence-electron chi connectivity index (χ3n) is 7.09. The Morgan fingerprint density at radius 2 is 1.51 bits per heavy atom. The highest BCUT2D eigenvalue weighted by molar-refractivity contribution is 7.48. The Hall–Kier alpha value is -4.96. The molecule has 5 rings (SSSR count). The number of phosphoric ester groups is 1. The number of aromatic hydroxyl groups is 1. The zero-order valence-corrected chi connectivity index (χ0v) is 24.7. The second kappa shape index (κ2) is 13.0. The molecule has 5 aromatic rings. The number of phenolic OH excluding ortho intramolecular Hbond substituents is 1. The number of rotatable bonds is 8. The van der Waals surface area contributed by atoms with Gasteiger partial charge in [-0.05, 0) is 73.0 Å². The monoisotopic (exact) mass is 626 g/mol. The normalized spacial score (nSPS) is 12.8. The molecule has 228 valence electrons. The molecule has 0 spiro atoms. The summed E-state index contributed by atoms with van der Waals surface area (Å²) in [6.45, 7) is 3.34. The highest BCUT2D eigenvalue weighted by atomic mass is 31.2. The van der Waals surface area contributed by atoms with Crippen molar-refractivity contribution in [2.75, 3.05) is 0 Å². The molecule has 0 aliphatic carbocycles. The van der Waals surface area contributed by atoms with Crippen LogP contribution in [0.15, 0.2) is 78.9 Å². The molecule has 10 nitrogen and oxygen atoms in total. The number of carbonyl (C=O) groups excluding carboxylic acids is 1. The van der Waals surface area contributed by atoms with Gasteiger partial charge in [0.05, 0.1) is 21.9 Å². The van der Waals surface area contributed by atoms with Crippen LogP contribution in [0.25, 0.3) is 33.6 Å². The number of pyridine rings is 1. The van der Waals surface area contributed by atoms with E-state index in [0.717, 1.165) is 0 Å². The minimum atomic E-state index is -4.69. The molecule has 0 aliphatic heterocycles. The Labute approximate surface area is 260 Å². The molecular formula is C33H30BNO9P+. The van der Waals surface area contributed by atoms with E-state index in [-0.39, 0.29) is 35.8 Å². The number of benzene rings is 4. The zero-order chi connectivity index (χ0) is 31.8. The van der Waals surface area contributed by atoms with Crippen LogP contribution in [0, 0.1) is 13.8 Å². The van der Waals surface area contributed by atoms with Crippen LogP contribution in [-0.4, -0.2) is 35.1 Å². The highest BCUT2D eigenvalue weighted by Gasteiger charge is 2.27. The van der Waals surface area contributed by atoms with E-state index >= 15 is 0 Å². The van der Waals surface area contributed by atoms with Gasteiger partial charge in [0, 0.05) is 17.7 Å². The molecule has 2 radical (unpaired) electrons. The van der Waals surface area contributed by atoms with Crippen LogP contribution >= 0.6 is 7.82 Å². The molecule has 12 heteroatoms. The standard InChI is InChI=1S/C32H25BNO9P.CH4/c1-18-14-22(31(36)37)15-19(2)30(18)41-32(38)29-24-6-4-5-7-26(24)34(3)27-17-21(10-13-25(27)29)28(42-44(39,40)43-33)16-20-8-11-23(35)12-9-20;/h4-17H,1-3H3,(H2,36,37,39,40);1H4/p+1. The van der Waals surface area contributed by atoms with Gasteiger partial charge in [-0.25, -0.2) is 14.2 Å². The number of phenols is 1. The SMILES string of the molecule is C.[B]OP(=O)(O)O/C(=C\c1ccc(O)cc1)c1ccc2c(C(=O)Oc3c(C)cc(C(=O)O)cc3C)c3ccccc3[n+](C)c2c1. The van der Waals surface area contributed by atoms with Crippen molar-refractivity contribution in [3.05, 3.63) is 112 Å². The molecule has 0 amide bonds. The number of carboxylic acids is 1. The third-order valence-corrected chi connectivity index (χ3v) is 7.79. The molecule has 1 heterocycles. The van der Waals surface area contributed by atoms with Crippen LogP contribution in [0.3, 0.4) is 0 Å². The lowest BCUT2D eigenvalue weighted by atomic mass is 9.99. The van der Waals surface area contributed by atoms with Crippen molar-refractivity contribution in [1.29, 1.82) is 0 Å². The van der Waals surface area contributed by atoms with Gasteiger partial charge in [-0.1, -0.05) is 37.8 Å². The molecule has 0 saturated heterocycles. The van der Waals surface area contributed by atoms with E-state index in [4.69, 9.17) is 17.3 Å². The number of para-hydroxylation sites is 1. The molecule has 0 bridgehead atoms. The second-order valence-corrected chi connectivity index (χ2v) is 11.4. The fourth-order valence-electron chi connectivity index (χ4n) is 5.05. The van der Waals surface area contributed by atoms with Crippen molar-refractivity contribution in [2.45, 2.75) is 21.3 Å². The Morgan fingerprint density at radius 1 is 0.889 bits per heavy atom. The molecule has 1 atom stereocenters. The summed E-state index contributed by atoms with van der Waals surface area (Å²) in [6.07, 6.45) is 1.48. The lowest BCUT2D eigenvalue weighted by Gasteiger charge is -2.16. The summed E-state index contributed by atoms with van der Waals surface area (Å²) in [4.78, 5) is 35.4. The highest BCUT2D eigenvalue weighted by Crippen LogP contribution is 2.47. The fraction of sp³-hybridized carbons (Fsp3) is 0.121. The maximum Gasteiger partial charge on any atom is 0.511 e. The third kappa shape index (κ3) is 6.76. The minimum absolute atomic E-state index is 0. The van der Waals surface area contributed by atoms with E-state index in [0.29, 0.717) is 44.1 Å². The number of aromatic carboxylic acids is 1. The predicted octanol–water partition coefficient (Wildman–Crippen LogP) is 6.41. The minimum Gasteiger partial charge on any atom is -0.508 e. The lowest BCUT2D eigenvalue weighted by molar-refractivity contribution is -0.617. The summed E-state index contributed by atoms with van der Waals surface area (Å²) in [5.74, 6) is -1.50. The number of fused-ring (bicyclic) bond motifs is 2. The van der Waals surface area contributed by atoms with Crippen LogP contribution in [0.2, 0.25) is 0 Å². The van der Waals surface area contributed by atoms with Gasteiger partial charge in [0.2, 0.25) is 11.0 Å². The predicted molar refractivity (Wildman–Crippen MR) is 171 cm³/mol. The molecule has 4 aromatic carbocycles. The quantitative estimate of drug-likeness (QED) is 0.0260. The summed E-state index contributed by atoms with van der Waals surface area (Å²) in [6, 6.07) is 21.2. The average molecular weight is 626 g/mol. The van der Waals surface area contributed by atoms with Gasteiger partial charge in [0.15, 0.2) is 0 Å². The van der Waals surface area contributed by atoms with Crippen LogP contribution in [0.4, 0.5) is 0 Å². The maximum absolute atomic E-state index is 13.9. The topological polar surface area (TPSA) is 143 Å². The first-order valence-corrected chi connectivity index (χ1v) is 14.7. The first-order valence-electron chi connectivity index (χ1n) is 13.2. The van der Waals surface area contributed by atoms with Gasteiger partial charge in [-0.2, -0.15) is 4.57 Å². The van der Waals surface area contributed by atoms with Crippen molar-refractivity contribution >= 4 is 61.5 Å². The number of hydrogen-bond donors (Lipinski definition) is 3. The average Bonchev–Trinajstić information content (AvgIpc) is 2.99. The second-order valence-electron chi connectivity index (χ2n) is 10.1. The van der Waals surface area contributed by atoms with Gasteiger partial charge in [-0.15, -0.1) is 0 Å². The molecule has 3 N–H and O–H groups in total. The number of esters is 1.